The molecule has 0 aliphatic heterocycles. The number of aliphatic imine (C=N–C) groups is 2. The van der Waals surface area contributed by atoms with Gasteiger partial charge in [-0.2, -0.15) is 15.1 Å². The second-order valence-corrected chi connectivity index (χ2v) is 6.37. The maximum absolute atomic E-state index is 9.95. The molecule has 2 aromatic heterocycles. The summed E-state index contributed by atoms with van der Waals surface area (Å²) < 4.78 is 1.85. The molecule has 0 amide bonds. The van der Waals surface area contributed by atoms with E-state index in [0.29, 0.717) is 46.1 Å². The van der Waals surface area contributed by atoms with E-state index in [9.17, 15) is 5.11 Å². The van der Waals surface area contributed by atoms with Crippen molar-refractivity contribution in [1.29, 1.82) is 0 Å². The second kappa shape index (κ2) is 7.84. The number of phenols is 1. The SMILES string of the molecule is CCN=c1cc(N)n(CC)c2n[nH]c(N=C=Nc3cc(Cl)cc(Cl)c3O)c12. The topological polar surface area (TPSA) is 117 Å². The number of nitrogen functional groups attached to an aromatic ring is 1. The van der Waals surface area contributed by atoms with Crippen LogP contribution in [0.1, 0.15) is 13.8 Å². The molecule has 0 fully saturated rings. The Bertz CT molecular complexity index is 1140. The third kappa shape index (κ3) is 3.68. The number of fused-ring (bicyclic) bond motifs is 1. The predicted molar refractivity (Wildman–Crippen MR) is 108 cm³/mol. The first-order valence-electron chi connectivity index (χ1n) is 8.18. The lowest BCUT2D eigenvalue weighted by Crippen LogP contribution is -2.13. The van der Waals surface area contributed by atoms with Gasteiger partial charge in [0.05, 0.1) is 15.8 Å². The highest BCUT2D eigenvalue weighted by Crippen LogP contribution is 2.36. The van der Waals surface area contributed by atoms with Gasteiger partial charge in [-0.1, -0.05) is 23.2 Å². The zero-order valence-electron chi connectivity index (χ0n) is 14.7. The van der Waals surface area contributed by atoms with Gasteiger partial charge in [-0.05, 0) is 26.0 Å². The van der Waals surface area contributed by atoms with E-state index >= 15 is 0 Å². The van der Waals surface area contributed by atoms with Crippen LogP contribution in [0.25, 0.3) is 11.0 Å². The molecule has 3 rings (SSSR count). The van der Waals surface area contributed by atoms with Crippen LogP contribution in [0.2, 0.25) is 10.0 Å². The van der Waals surface area contributed by atoms with E-state index in [-0.39, 0.29) is 16.5 Å². The Kier molecular flexibility index (Phi) is 5.51. The van der Waals surface area contributed by atoms with Gasteiger partial charge < -0.3 is 15.4 Å². The molecule has 2 heterocycles. The van der Waals surface area contributed by atoms with Crippen molar-refractivity contribution in [3.63, 3.8) is 0 Å². The van der Waals surface area contributed by atoms with Crippen LogP contribution in [0.15, 0.2) is 33.2 Å². The lowest BCUT2D eigenvalue weighted by Gasteiger charge is -2.08. The summed E-state index contributed by atoms with van der Waals surface area (Å²) in [7, 11) is 0. The van der Waals surface area contributed by atoms with E-state index < -0.39 is 0 Å². The van der Waals surface area contributed by atoms with E-state index in [1.165, 1.54) is 12.1 Å². The Labute approximate surface area is 164 Å². The van der Waals surface area contributed by atoms with Gasteiger partial charge in [0.15, 0.2) is 17.2 Å². The second-order valence-electron chi connectivity index (χ2n) is 5.52. The van der Waals surface area contributed by atoms with Gasteiger partial charge in [0.1, 0.15) is 17.5 Å². The number of aromatic amines is 1. The molecule has 27 heavy (non-hydrogen) atoms. The first kappa shape index (κ1) is 19.0. The molecule has 0 bridgehead atoms. The molecule has 0 aliphatic carbocycles. The summed E-state index contributed by atoms with van der Waals surface area (Å²) in [5.41, 5.74) is 6.89. The van der Waals surface area contributed by atoms with Crippen LogP contribution in [0.5, 0.6) is 5.75 Å². The largest absolute Gasteiger partial charge is 0.504 e. The monoisotopic (exact) mass is 405 g/mol. The molecule has 0 spiro atoms. The van der Waals surface area contributed by atoms with Gasteiger partial charge >= 0.3 is 0 Å². The number of hydrogen-bond donors (Lipinski definition) is 3. The summed E-state index contributed by atoms with van der Waals surface area (Å²) in [6.45, 7) is 5.13. The average molecular weight is 406 g/mol. The van der Waals surface area contributed by atoms with Gasteiger partial charge in [0, 0.05) is 24.2 Å². The molecule has 3 aromatic rings. The number of benzene rings is 1. The van der Waals surface area contributed by atoms with Gasteiger partial charge in [0.2, 0.25) is 0 Å². The van der Waals surface area contributed by atoms with Crippen LogP contribution in [0, 0.1) is 0 Å². The summed E-state index contributed by atoms with van der Waals surface area (Å²) in [5, 5.41) is 18.9. The number of rotatable bonds is 4. The smallest absolute Gasteiger partial charge is 0.171 e. The van der Waals surface area contributed by atoms with Gasteiger partial charge in [-0.25, -0.2) is 0 Å². The average Bonchev–Trinajstić information content (AvgIpc) is 3.03. The normalized spacial score (nSPS) is 11.6. The van der Waals surface area contributed by atoms with Crippen molar-refractivity contribution >= 4 is 57.6 Å². The number of halogens is 2. The Balaban J connectivity index is 2.16. The summed E-state index contributed by atoms with van der Waals surface area (Å²) in [5.74, 6) is 0.790. The van der Waals surface area contributed by atoms with E-state index in [2.05, 4.69) is 31.2 Å². The number of aromatic hydroxyl groups is 1. The highest BCUT2D eigenvalue weighted by molar-refractivity contribution is 6.36. The molecule has 0 saturated carbocycles. The van der Waals surface area contributed by atoms with E-state index in [0.717, 1.165) is 0 Å². The Morgan fingerprint density at radius 1 is 1.26 bits per heavy atom. The fraction of sp³-hybridized carbons (Fsp3) is 0.235. The molecule has 1 aromatic carbocycles. The molecule has 0 unspecified atom stereocenters. The first-order valence-corrected chi connectivity index (χ1v) is 8.94. The Morgan fingerprint density at radius 3 is 2.74 bits per heavy atom. The van der Waals surface area contributed by atoms with E-state index in [4.69, 9.17) is 28.9 Å². The number of phenolic OH excluding ortho intramolecular Hbond substituents is 1. The van der Waals surface area contributed by atoms with Crippen molar-refractivity contribution in [2.45, 2.75) is 20.4 Å². The summed E-state index contributed by atoms with van der Waals surface area (Å²) in [4.78, 5) is 12.7. The number of pyridine rings is 1. The lowest BCUT2D eigenvalue weighted by molar-refractivity contribution is 0.477. The van der Waals surface area contributed by atoms with Crippen LogP contribution < -0.4 is 11.1 Å². The standard InChI is InChI=1S/C17H17Cl2N7O/c1-3-21-11-7-13(20)26(4-2)17-14(11)16(24-25-17)23-8-22-12-6-9(18)5-10(19)15(12)27/h5-7,27H,3-4,20H2,1-2H3,(H,24,25). The van der Waals surface area contributed by atoms with Crippen molar-refractivity contribution in [1.82, 2.24) is 14.8 Å². The third-order valence-corrected chi connectivity index (χ3v) is 4.33. The molecule has 10 heteroatoms. The molecule has 140 valence electrons. The number of nitrogens with zero attached hydrogens (tertiary/aromatic N) is 5. The quantitative estimate of drug-likeness (QED) is 0.568. The molecule has 8 nitrogen and oxygen atoms in total. The first-order chi connectivity index (χ1) is 13.0. The molecule has 0 aliphatic rings. The number of H-pyrrole nitrogens is 1. The van der Waals surface area contributed by atoms with Crippen LogP contribution in [0.3, 0.4) is 0 Å². The zero-order valence-corrected chi connectivity index (χ0v) is 16.2. The van der Waals surface area contributed by atoms with E-state index in [1.807, 2.05) is 18.4 Å². The number of aromatic nitrogens is 3. The number of nitrogens with one attached hydrogen (secondary N) is 1. The zero-order chi connectivity index (χ0) is 19.6. The number of aryl methyl sites for hydroxylation is 1. The van der Waals surface area contributed by atoms with Gasteiger partial charge in [-0.3, -0.25) is 10.1 Å². The summed E-state index contributed by atoms with van der Waals surface area (Å²) in [6, 6.07) is 7.19. The minimum atomic E-state index is -0.198. The number of hydrogen-bond acceptors (Lipinski definition) is 6. The van der Waals surface area contributed by atoms with Crippen molar-refractivity contribution in [2.24, 2.45) is 15.0 Å². The molecule has 0 saturated heterocycles. The van der Waals surface area contributed by atoms with Crippen molar-refractivity contribution < 1.29 is 5.11 Å². The van der Waals surface area contributed by atoms with Crippen molar-refractivity contribution in [3.8, 4) is 5.75 Å². The summed E-state index contributed by atoms with van der Waals surface area (Å²) >= 11 is 11.8. The maximum atomic E-state index is 9.95. The number of anilines is 1. The van der Waals surface area contributed by atoms with Gasteiger partial charge in [-0.15, -0.1) is 0 Å². The molecule has 4 N–H and O–H groups in total. The molecular weight excluding hydrogens is 389 g/mol. The molecule has 0 atom stereocenters. The third-order valence-electron chi connectivity index (χ3n) is 3.82. The Hall–Kier alpha value is -2.80. The number of nitrogens with two attached hydrogens (primary N) is 1. The van der Waals surface area contributed by atoms with Gasteiger partial charge in [0.25, 0.3) is 0 Å². The minimum absolute atomic E-state index is 0.0959. The Morgan fingerprint density at radius 2 is 2.04 bits per heavy atom. The van der Waals surface area contributed by atoms with Crippen LogP contribution in [-0.4, -0.2) is 32.4 Å². The van der Waals surface area contributed by atoms with Crippen LogP contribution in [0.4, 0.5) is 17.3 Å². The highest BCUT2D eigenvalue weighted by atomic mass is 35.5. The molecular formula is C17H17Cl2N7O. The van der Waals surface area contributed by atoms with Crippen molar-refractivity contribution in [2.75, 3.05) is 12.3 Å². The van der Waals surface area contributed by atoms with Crippen molar-refractivity contribution in [3.05, 3.63) is 33.6 Å². The lowest BCUT2D eigenvalue weighted by atomic mass is 10.3. The predicted octanol–water partition coefficient (Wildman–Crippen LogP) is 4.04. The molecule has 0 radical (unpaired) electrons. The fourth-order valence-electron chi connectivity index (χ4n) is 2.64. The van der Waals surface area contributed by atoms with Crippen LogP contribution in [-0.2, 0) is 6.54 Å². The van der Waals surface area contributed by atoms with Crippen LogP contribution >= 0.6 is 23.2 Å². The fourth-order valence-corrected chi connectivity index (χ4v) is 3.12. The minimum Gasteiger partial charge on any atom is -0.504 e. The maximum Gasteiger partial charge on any atom is 0.171 e. The van der Waals surface area contributed by atoms with E-state index in [1.54, 1.807) is 6.07 Å². The highest BCUT2D eigenvalue weighted by Gasteiger charge is 2.12. The summed E-state index contributed by atoms with van der Waals surface area (Å²) in [6.07, 6.45) is 0.